The van der Waals surface area contributed by atoms with E-state index in [1.165, 1.54) is 0 Å². The first-order chi connectivity index (χ1) is 9.45. The van der Waals surface area contributed by atoms with Gasteiger partial charge in [-0.25, -0.2) is 0 Å². The fourth-order valence-electron chi connectivity index (χ4n) is 2.03. The first-order valence-corrected chi connectivity index (χ1v) is 6.74. The third-order valence-electron chi connectivity index (χ3n) is 3.04. The number of rotatable bonds is 4. The van der Waals surface area contributed by atoms with Crippen molar-refractivity contribution >= 4 is 16.9 Å². The Morgan fingerprint density at radius 2 is 2.05 bits per heavy atom. The lowest BCUT2D eigenvalue weighted by Gasteiger charge is -2.07. The van der Waals surface area contributed by atoms with Gasteiger partial charge in [0.05, 0.1) is 5.56 Å². The molecule has 0 atom stereocenters. The van der Waals surface area contributed by atoms with Crippen LogP contribution in [-0.4, -0.2) is 11.0 Å². The summed E-state index contributed by atoms with van der Waals surface area (Å²) in [4.78, 5) is 26.2. The number of fused-ring (bicyclic) bond motifs is 1. The molecule has 0 fully saturated rings. The molecular weight excluding hydrogens is 254 g/mol. The smallest absolute Gasteiger partial charge is 0.306 e. The Bertz CT molecular complexity index is 686. The molecule has 0 saturated carbocycles. The summed E-state index contributed by atoms with van der Waals surface area (Å²) in [5.74, 6) is -0.0243. The Kier molecular flexibility index (Phi) is 4.23. The molecule has 0 bridgehead atoms. The molecule has 0 amide bonds. The van der Waals surface area contributed by atoms with Crippen molar-refractivity contribution in [1.82, 2.24) is 4.98 Å². The van der Waals surface area contributed by atoms with Crippen molar-refractivity contribution in [3.63, 3.8) is 0 Å². The van der Waals surface area contributed by atoms with Crippen molar-refractivity contribution in [3.05, 3.63) is 45.7 Å². The second-order valence-electron chi connectivity index (χ2n) is 5.47. The van der Waals surface area contributed by atoms with Gasteiger partial charge in [0, 0.05) is 11.9 Å². The Labute approximate surface area is 117 Å². The predicted molar refractivity (Wildman–Crippen MR) is 78.6 cm³/mol. The number of aryl methyl sites for hydroxylation is 1. The summed E-state index contributed by atoms with van der Waals surface area (Å²) in [7, 11) is 0. The monoisotopic (exact) mass is 273 g/mol. The summed E-state index contributed by atoms with van der Waals surface area (Å²) in [5, 5.41) is 0.944. The average molecular weight is 273 g/mol. The lowest BCUT2D eigenvalue weighted by atomic mass is 10.1. The van der Waals surface area contributed by atoms with Crippen molar-refractivity contribution in [2.24, 2.45) is 5.92 Å². The molecule has 0 saturated heterocycles. The van der Waals surface area contributed by atoms with E-state index in [0.717, 1.165) is 16.5 Å². The lowest BCUT2D eigenvalue weighted by Crippen LogP contribution is -2.16. The third kappa shape index (κ3) is 3.47. The van der Waals surface area contributed by atoms with Crippen LogP contribution in [0.15, 0.2) is 29.1 Å². The van der Waals surface area contributed by atoms with E-state index < -0.39 is 0 Å². The lowest BCUT2D eigenvalue weighted by molar-refractivity contribution is -0.145. The summed E-state index contributed by atoms with van der Waals surface area (Å²) >= 11 is 0. The number of esters is 1. The van der Waals surface area contributed by atoms with Crippen LogP contribution < -0.4 is 5.56 Å². The van der Waals surface area contributed by atoms with Crippen LogP contribution >= 0.6 is 0 Å². The predicted octanol–water partition coefficient (Wildman–Crippen LogP) is 2.93. The summed E-state index contributed by atoms with van der Waals surface area (Å²) in [5.41, 5.74) is 2.17. The molecule has 2 rings (SSSR count). The van der Waals surface area contributed by atoms with E-state index in [1.54, 1.807) is 6.07 Å². The number of hydrogen-bond acceptors (Lipinski definition) is 3. The van der Waals surface area contributed by atoms with E-state index in [-0.39, 0.29) is 24.1 Å². The summed E-state index contributed by atoms with van der Waals surface area (Å²) in [6, 6.07) is 7.59. The van der Waals surface area contributed by atoms with Crippen LogP contribution in [0.2, 0.25) is 0 Å². The number of nitrogens with one attached hydrogen (secondary N) is 1. The Morgan fingerprint density at radius 1 is 1.30 bits per heavy atom. The van der Waals surface area contributed by atoms with Gasteiger partial charge in [0.25, 0.3) is 5.56 Å². The molecule has 1 aromatic heterocycles. The normalized spacial score (nSPS) is 11.0. The molecule has 0 aliphatic heterocycles. The van der Waals surface area contributed by atoms with Gasteiger partial charge in [-0.15, -0.1) is 0 Å². The van der Waals surface area contributed by atoms with Crippen molar-refractivity contribution in [2.75, 3.05) is 0 Å². The maximum atomic E-state index is 11.9. The molecule has 20 heavy (non-hydrogen) atoms. The quantitative estimate of drug-likeness (QED) is 0.871. The van der Waals surface area contributed by atoms with Gasteiger partial charge in [-0.1, -0.05) is 25.5 Å². The topological polar surface area (TPSA) is 59.2 Å². The number of hydrogen-bond donors (Lipinski definition) is 1. The van der Waals surface area contributed by atoms with E-state index in [4.69, 9.17) is 4.74 Å². The van der Waals surface area contributed by atoms with Gasteiger partial charge in [-0.3, -0.25) is 9.59 Å². The van der Waals surface area contributed by atoms with E-state index in [0.29, 0.717) is 12.0 Å². The molecule has 2 aromatic rings. The number of H-pyrrole nitrogens is 1. The minimum absolute atomic E-state index is 0.0186. The number of aromatic nitrogens is 1. The van der Waals surface area contributed by atoms with E-state index >= 15 is 0 Å². The number of aromatic amines is 1. The Hall–Kier alpha value is -2.10. The molecule has 0 aliphatic carbocycles. The summed E-state index contributed by atoms with van der Waals surface area (Å²) in [6.45, 7) is 5.91. The zero-order valence-corrected chi connectivity index (χ0v) is 12.0. The summed E-state index contributed by atoms with van der Waals surface area (Å²) < 4.78 is 5.14. The minimum atomic E-state index is -0.274. The van der Waals surface area contributed by atoms with Crippen molar-refractivity contribution in [3.8, 4) is 0 Å². The van der Waals surface area contributed by atoms with Crippen molar-refractivity contribution < 1.29 is 9.53 Å². The van der Waals surface area contributed by atoms with E-state index in [1.807, 2.05) is 39.0 Å². The highest BCUT2D eigenvalue weighted by Gasteiger charge is 2.09. The SMILES string of the molecule is Cc1ccc2[nH]c(=O)c(COC(=O)CC(C)C)cc2c1. The van der Waals surface area contributed by atoms with Gasteiger partial charge in [-0.2, -0.15) is 0 Å². The molecule has 0 radical (unpaired) electrons. The zero-order valence-electron chi connectivity index (χ0n) is 12.0. The largest absolute Gasteiger partial charge is 0.461 e. The molecule has 1 heterocycles. The molecular formula is C16H19NO3. The van der Waals surface area contributed by atoms with E-state index in [9.17, 15) is 9.59 Å². The van der Waals surface area contributed by atoms with Gasteiger partial charge in [-0.05, 0) is 36.4 Å². The molecule has 4 nitrogen and oxygen atoms in total. The van der Waals surface area contributed by atoms with Crippen LogP contribution in [0.4, 0.5) is 0 Å². The average Bonchev–Trinajstić information content (AvgIpc) is 2.36. The first kappa shape index (κ1) is 14.3. The second kappa shape index (κ2) is 5.90. The molecule has 1 aromatic carbocycles. The van der Waals surface area contributed by atoms with Crippen LogP contribution in [0.1, 0.15) is 31.4 Å². The molecule has 0 aliphatic rings. The van der Waals surface area contributed by atoms with Gasteiger partial charge in [0.15, 0.2) is 0 Å². The van der Waals surface area contributed by atoms with Crippen LogP contribution in [-0.2, 0) is 16.1 Å². The zero-order chi connectivity index (χ0) is 14.7. The minimum Gasteiger partial charge on any atom is -0.461 e. The first-order valence-electron chi connectivity index (χ1n) is 6.74. The number of carbonyl (C=O) groups excluding carboxylic acids is 1. The number of carbonyl (C=O) groups is 1. The molecule has 1 N–H and O–H groups in total. The Morgan fingerprint density at radius 3 is 2.75 bits per heavy atom. The highest BCUT2D eigenvalue weighted by molar-refractivity contribution is 5.79. The van der Waals surface area contributed by atoms with Crippen LogP contribution in [0.5, 0.6) is 0 Å². The van der Waals surface area contributed by atoms with E-state index in [2.05, 4.69) is 4.98 Å². The summed E-state index contributed by atoms with van der Waals surface area (Å²) in [6.07, 6.45) is 0.366. The van der Waals surface area contributed by atoms with Gasteiger partial charge in [0.2, 0.25) is 0 Å². The molecule has 106 valence electrons. The van der Waals surface area contributed by atoms with Gasteiger partial charge < -0.3 is 9.72 Å². The number of benzene rings is 1. The highest BCUT2D eigenvalue weighted by Crippen LogP contribution is 2.14. The Balaban J connectivity index is 2.19. The van der Waals surface area contributed by atoms with Crippen LogP contribution in [0, 0.1) is 12.8 Å². The fourth-order valence-corrected chi connectivity index (χ4v) is 2.03. The maximum Gasteiger partial charge on any atom is 0.306 e. The highest BCUT2D eigenvalue weighted by atomic mass is 16.5. The standard InChI is InChI=1S/C16H19NO3/c1-10(2)6-15(18)20-9-13-8-12-7-11(3)4-5-14(12)17-16(13)19/h4-5,7-8,10H,6,9H2,1-3H3,(H,17,19). The van der Waals surface area contributed by atoms with Gasteiger partial charge >= 0.3 is 5.97 Å². The van der Waals surface area contributed by atoms with Crippen molar-refractivity contribution in [2.45, 2.75) is 33.8 Å². The van der Waals surface area contributed by atoms with Crippen LogP contribution in [0.3, 0.4) is 0 Å². The van der Waals surface area contributed by atoms with Crippen molar-refractivity contribution in [1.29, 1.82) is 0 Å². The molecule has 4 heteroatoms. The number of pyridine rings is 1. The van der Waals surface area contributed by atoms with Crippen LogP contribution in [0.25, 0.3) is 10.9 Å². The molecule has 0 spiro atoms. The van der Waals surface area contributed by atoms with Gasteiger partial charge in [0.1, 0.15) is 6.61 Å². The second-order valence-corrected chi connectivity index (χ2v) is 5.47. The molecule has 0 unspecified atom stereocenters. The maximum absolute atomic E-state index is 11.9. The number of ether oxygens (including phenoxy) is 1. The fraction of sp³-hybridized carbons (Fsp3) is 0.375. The third-order valence-corrected chi connectivity index (χ3v) is 3.04.